The van der Waals surface area contributed by atoms with E-state index in [0.717, 1.165) is 4.90 Å². The van der Waals surface area contributed by atoms with Crippen LogP contribution in [0, 0.1) is 0 Å². The monoisotopic (exact) mass is 356 g/mol. The Labute approximate surface area is 151 Å². The molecule has 0 aliphatic carbocycles. The van der Waals surface area contributed by atoms with Crippen molar-refractivity contribution in [1.29, 1.82) is 0 Å². The molecule has 128 valence electrons. The number of hydrogen-bond acceptors (Lipinski definition) is 4. The summed E-state index contributed by atoms with van der Waals surface area (Å²) in [5, 5.41) is 0.534. The van der Waals surface area contributed by atoms with E-state index in [-0.39, 0.29) is 5.91 Å². The number of carbonyl (C=O) groups excluding carboxylic acids is 2. The summed E-state index contributed by atoms with van der Waals surface area (Å²) in [5.41, 5.74) is 1.92. The molecule has 1 aliphatic rings. The number of fused-ring (bicyclic) bond motifs is 1. The van der Waals surface area contributed by atoms with Gasteiger partial charge >= 0.3 is 0 Å². The number of carbonyl (C=O) groups is 2. The van der Waals surface area contributed by atoms with Crippen LogP contribution in [-0.4, -0.2) is 37.9 Å². The number of halogens is 1. The summed E-state index contributed by atoms with van der Waals surface area (Å²) < 4.78 is 5.23. The van der Waals surface area contributed by atoms with Gasteiger partial charge in [-0.1, -0.05) is 11.6 Å². The minimum atomic E-state index is -0.392. The van der Waals surface area contributed by atoms with Gasteiger partial charge in [-0.2, -0.15) is 0 Å². The van der Waals surface area contributed by atoms with Gasteiger partial charge in [0.05, 0.1) is 23.9 Å². The number of benzene rings is 2. The number of hydrogen-bond donors (Lipinski definition) is 0. The van der Waals surface area contributed by atoms with Crippen LogP contribution in [0.5, 0.6) is 5.75 Å². The quantitative estimate of drug-likeness (QED) is 0.624. The smallest absolute Gasteiger partial charge is 0.267 e. The van der Waals surface area contributed by atoms with Gasteiger partial charge in [0.1, 0.15) is 5.75 Å². The van der Waals surface area contributed by atoms with E-state index in [1.807, 2.05) is 14.1 Å². The minimum absolute atomic E-state index is 0.376. The average molecular weight is 357 g/mol. The second-order valence-corrected chi connectivity index (χ2v) is 6.28. The lowest BCUT2D eigenvalue weighted by atomic mass is 9.93. The third-order valence-electron chi connectivity index (χ3n) is 3.86. The van der Waals surface area contributed by atoms with Crippen molar-refractivity contribution < 1.29 is 14.3 Å². The first-order valence-corrected chi connectivity index (χ1v) is 8.01. The molecule has 1 heterocycles. The summed E-state index contributed by atoms with van der Waals surface area (Å²) in [5.74, 6) is -0.211. The van der Waals surface area contributed by atoms with Crippen molar-refractivity contribution in [2.75, 3.05) is 26.1 Å². The molecular formula is C19H17ClN2O3. The van der Waals surface area contributed by atoms with Crippen molar-refractivity contribution in [3.63, 3.8) is 0 Å². The highest BCUT2D eigenvalue weighted by Gasteiger charge is 2.36. The Hall–Kier alpha value is -2.79. The number of nitrogens with zero attached hydrogens (tertiary/aromatic N) is 2. The largest absolute Gasteiger partial charge is 0.497 e. The van der Waals surface area contributed by atoms with Crippen LogP contribution in [0.3, 0.4) is 0 Å². The van der Waals surface area contributed by atoms with Gasteiger partial charge in [0.15, 0.2) is 0 Å². The van der Waals surface area contributed by atoms with E-state index < -0.39 is 5.91 Å². The maximum Gasteiger partial charge on any atom is 0.267 e. The molecule has 1 aliphatic heterocycles. The molecule has 6 heteroatoms. The summed E-state index contributed by atoms with van der Waals surface area (Å²) in [6.45, 7) is 0. The molecule has 0 saturated carbocycles. The molecular weight excluding hydrogens is 340 g/mol. The van der Waals surface area contributed by atoms with Gasteiger partial charge in [-0.05, 0) is 42.5 Å². The van der Waals surface area contributed by atoms with Crippen LogP contribution in [0.15, 0.2) is 48.7 Å². The maximum absolute atomic E-state index is 13.0. The molecule has 0 radical (unpaired) electrons. The normalized spacial score (nSPS) is 15.4. The van der Waals surface area contributed by atoms with Crippen molar-refractivity contribution in [2.45, 2.75) is 0 Å². The summed E-state index contributed by atoms with van der Waals surface area (Å²) >= 11 is 5.92. The fraction of sp³-hybridized carbons (Fsp3) is 0.158. The number of methoxy groups -OCH3 is 1. The zero-order valence-corrected chi connectivity index (χ0v) is 14.9. The molecule has 0 fully saturated rings. The van der Waals surface area contributed by atoms with Crippen molar-refractivity contribution in [3.05, 3.63) is 64.8 Å². The lowest BCUT2D eigenvalue weighted by molar-refractivity contribution is -0.112. The van der Waals surface area contributed by atoms with Crippen LogP contribution < -0.4 is 9.64 Å². The average Bonchev–Trinajstić information content (AvgIpc) is 2.59. The number of amides is 2. The number of imide groups is 1. The van der Waals surface area contributed by atoms with E-state index in [1.165, 1.54) is 7.11 Å². The Balaban J connectivity index is 2.20. The molecule has 2 amide bonds. The molecule has 3 rings (SSSR count). The van der Waals surface area contributed by atoms with Crippen molar-refractivity contribution in [3.8, 4) is 5.75 Å². The summed E-state index contributed by atoms with van der Waals surface area (Å²) in [7, 11) is 5.19. The highest BCUT2D eigenvalue weighted by Crippen LogP contribution is 2.34. The van der Waals surface area contributed by atoms with Gasteiger partial charge < -0.3 is 9.64 Å². The van der Waals surface area contributed by atoms with Gasteiger partial charge in [0.25, 0.3) is 11.8 Å². The Bertz CT molecular complexity index is 873. The first-order chi connectivity index (χ1) is 11.9. The van der Waals surface area contributed by atoms with E-state index in [1.54, 1.807) is 53.6 Å². The van der Waals surface area contributed by atoms with Gasteiger partial charge in [0, 0.05) is 30.9 Å². The predicted octanol–water partition coefficient (Wildman–Crippen LogP) is 3.44. The molecule has 0 bridgehead atoms. The first kappa shape index (κ1) is 17.0. The lowest BCUT2D eigenvalue weighted by Gasteiger charge is -2.29. The molecule has 2 aromatic carbocycles. The number of ether oxygens (including phenoxy) is 1. The Morgan fingerprint density at radius 2 is 1.68 bits per heavy atom. The van der Waals surface area contributed by atoms with Crippen molar-refractivity contribution >= 4 is 34.7 Å². The van der Waals surface area contributed by atoms with E-state index in [9.17, 15) is 9.59 Å². The minimum Gasteiger partial charge on any atom is -0.497 e. The maximum atomic E-state index is 13.0. The molecule has 0 saturated heterocycles. The fourth-order valence-corrected chi connectivity index (χ4v) is 2.84. The van der Waals surface area contributed by atoms with Crippen LogP contribution in [-0.2, 0) is 4.79 Å². The van der Waals surface area contributed by atoms with Gasteiger partial charge in [0.2, 0.25) is 0 Å². The van der Waals surface area contributed by atoms with Crippen molar-refractivity contribution in [1.82, 2.24) is 4.90 Å². The zero-order chi connectivity index (χ0) is 18.1. The Morgan fingerprint density at radius 3 is 2.28 bits per heavy atom. The van der Waals surface area contributed by atoms with Crippen LogP contribution in [0.25, 0.3) is 5.57 Å². The lowest BCUT2D eigenvalue weighted by Crippen LogP contribution is -2.42. The summed E-state index contributed by atoms with van der Waals surface area (Å²) in [6.07, 6.45) is 1.71. The van der Waals surface area contributed by atoms with Gasteiger partial charge in [-0.25, -0.2) is 4.90 Å². The molecule has 2 aromatic rings. The Kier molecular flexibility index (Phi) is 4.51. The summed E-state index contributed by atoms with van der Waals surface area (Å²) in [4.78, 5) is 28.9. The third-order valence-corrected chi connectivity index (χ3v) is 4.11. The standard InChI is InChI=1S/C19H17ClN2O3/c1-21(2)11-17-15-9-8-14(25-3)10-16(15)18(23)22(19(17)24)13-6-4-12(20)5-7-13/h4-11H,1-3H3/b17-11-. The highest BCUT2D eigenvalue weighted by atomic mass is 35.5. The molecule has 0 atom stereocenters. The molecule has 0 spiro atoms. The zero-order valence-electron chi connectivity index (χ0n) is 14.1. The third kappa shape index (κ3) is 3.10. The highest BCUT2D eigenvalue weighted by molar-refractivity contribution is 6.41. The number of rotatable bonds is 3. The Morgan fingerprint density at radius 1 is 1.00 bits per heavy atom. The molecule has 0 unspecified atom stereocenters. The molecule has 25 heavy (non-hydrogen) atoms. The van der Waals surface area contributed by atoms with Crippen LogP contribution in [0.2, 0.25) is 5.02 Å². The first-order valence-electron chi connectivity index (χ1n) is 7.63. The van der Waals surface area contributed by atoms with Crippen LogP contribution in [0.1, 0.15) is 15.9 Å². The molecule has 5 nitrogen and oxygen atoms in total. The second kappa shape index (κ2) is 6.61. The van der Waals surface area contributed by atoms with Gasteiger partial charge in [-0.15, -0.1) is 0 Å². The van der Waals surface area contributed by atoms with E-state index in [0.29, 0.717) is 33.2 Å². The second-order valence-electron chi connectivity index (χ2n) is 5.84. The van der Waals surface area contributed by atoms with Crippen molar-refractivity contribution in [2.24, 2.45) is 0 Å². The predicted molar refractivity (Wildman–Crippen MR) is 97.9 cm³/mol. The van der Waals surface area contributed by atoms with Crippen LogP contribution >= 0.6 is 11.6 Å². The van der Waals surface area contributed by atoms with Gasteiger partial charge in [-0.3, -0.25) is 9.59 Å². The number of anilines is 1. The summed E-state index contributed by atoms with van der Waals surface area (Å²) in [6, 6.07) is 11.7. The van der Waals surface area contributed by atoms with E-state index in [4.69, 9.17) is 16.3 Å². The SMILES string of the molecule is COc1ccc2c(c1)C(=O)N(c1ccc(Cl)cc1)C(=O)/C2=C\N(C)C. The van der Waals surface area contributed by atoms with E-state index in [2.05, 4.69) is 0 Å². The topological polar surface area (TPSA) is 49.9 Å². The molecule has 0 N–H and O–H groups in total. The molecule has 0 aromatic heterocycles. The fourth-order valence-electron chi connectivity index (χ4n) is 2.72. The van der Waals surface area contributed by atoms with E-state index >= 15 is 0 Å². The van der Waals surface area contributed by atoms with Crippen LogP contribution in [0.4, 0.5) is 5.69 Å².